The van der Waals surface area contributed by atoms with Crippen molar-refractivity contribution in [1.82, 2.24) is 10.2 Å². The maximum Gasteiger partial charge on any atom is 0.224 e. The van der Waals surface area contributed by atoms with E-state index in [0.29, 0.717) is 32.6 Å². The molecule has 0 aromatic rings. The number of hydrogen-bond donors (Lipinski definition) is 3. The zero-order valence-electron chi connectivity index (χ0n) is 14.2. The van der Waals surface area contributed by atoms with Crippen LogP contribution < -0.4 is 16.8 Å². The summed E-state index contributed by atoms with van der Waals surface area (Å²) in [5.41, 5.74) is 11.4. The van der Waals surface area contributed by atoms with E-state index in [4.69, 9.17) is 11.5 Å². The number of nitrogens with zero attached hydrogens (tertiary/aromatic N) is 1. The maximum absolute atomic E-state index is 12.7. The normalized spacial score (nSPS) is 24.3. The van der Waals surface area contributed by atoms with E-state index >= 15 is 0 Å². The summed E-state index contributed by atoms with van der Waals surface area (Å²) in [5.74, 6) is 0.104. The molecule has 2 aliphatic rings. The summed E-state index contributed by atoms with van der Waals surface area (Å²) in [6.07, 6.45) is 8.00. The van der Waals surface area contributed by atoms with Gasteiger partial charge in [-0.15, -0.1) is 0 Å². The Morgan fingerprint density at radius 2 is 1.87 bits per heavy atom. The molecule has 1 saturated heterocycles. The third kappa shape index (κ3) is 4.91. The average molecular weight is 324 g/mol. The number of amides is 2. The van der Waals surface area contributed by atoms with Crippen molar-refractivity contribution < 1.29 is 9.59 Å². The van der Waals surface area contributed by atoms with E-state index in [-0.39, 0.29) is 23.1 Å². The lowest BCUT2D eigenvalue weighted by Gasteiger charge is -2.39. The van der Waals surface area contributed by atoms with E-state index < -0.39 is 0 Å². The molecule has 6 heteroatoms. The average Bonchev–Trinajstić information content (AvgIpc) is 2.60. The third-order valence-corrected chi connectivity index (χ3v) is 5.46. The molecule has 0 aromatic heterocycles. The molecule has 1 unspecified atom stereocenters. The van der Waals surface area contributed by atoms with E-state index in [9.17, 15) is 9.59 Å². The van der Waals surface area contributed by atoms with Crippen LogP contribution in [0.2, 0.25) is 0 Å². The van der Waals surface area contributed by atoms with Crippen molar-refractivity contribution in [2.24, 2.45) is 22.8 Å². The van der Waals surface area contributed by atoms with Gasteiger partial charge in [-0.2, -0.15) is 0 Å². The fraction of sp³-hybridized carbons (Fsp3) is 0.882. The van der Waals surface area contributed by atoms with Gasteiger partial charge in [0.1, 0.15) is 0 Å². The summed E-state index contributed by atoms with van der Waals surface area (Å²) in [6, 6.07) is 0. The number of likely N-dealkylation sites (tertiary alicyclic amines) is 1. The first-order valence-corrected chi connectivity index (χ1v) is 9.06. The number of rotatable bonds is 6. The van der Waals surface area contributed by atoms with Gasteiger partial charge in [-0.1, -0.05) is 19.3 Å². The van der Waals surface area contributed by atoms with Crippen LogP contribution in [0, 0.1) is 11.3 Å². The van der Waals surface area contributed by atoms with Crippen LogP contribution in [0.25, 0.3) is 0 Å². The minimum atomic E-state index is -0.0977. The maximum atomic E-state index is 12.7. The van der Waals surface area contributed by atoms with Gasteiger partial charge in [0.05, 0.1) is 5.92 Å². The second kappa shape index (κ2) is 8.64. The first-order chi connectivity index (χ1) is 11.1. The Bertz CT molecular complexity index is 407. The molecule has 0 radical (unpaired) electrons. The smallest absolute Gasteiger partial charge is 0.224 e. The predicted molar refractivity (Wildman–Crippen MR) is 90.6 cm³/mol. The SMILES string of the molecule is NCCNC(=O)C1CCCN(C(=O)CC2(CN)CCCCC2)C1. The summed E-state index contributed by atoms with van der Waals surface area (Å²) in [6.45, 7) is 2.84. The van der Waals surface area contributed by atoms with Gasteiger partial charge in [0, 0.05) is 32.6 Å². The highest BCUT2D eigenvalue weighted by Gasteiger charge is 2.36. The Hall–Kier alpha value is -1.14. The molecule has 2 amide bonds. The second-order valence-corrected chi connectivity index (χ2v) is 7.20. The first kappa shape index (κ1) is 18.2. The lowest BCUT2D eigenvalue weighted by Crippen LogP contribution is -2.48. The Kier molecular flexibility index (Phi) is 6.84. The Morgan fingerprint density at radius 3 is 2.52 bits per heavy atom. The fourth-order valence-electron chi connectivity index (χ4n) is 3.94. The zero-order valence-corrected chi connectivity index (χ0v) is 14.2. The molecule has 1 atom stereocenters. The largest absolute Gasteiger partial charge is 0.355 e. The molecule has 1 aliphatic carbocycles. The molecular weight excluding hydrogens is 292 g/mol. The molecule has 1 heterocycles. The zero-order chi connectivity index (χ0) is 16.7. The number of piperidine rings is 1. The van der Waals surface area contributed by atoms with Crippen molar-refractivity contribution >= 4 is 11.8 Å². The highest BCUT2D eigenvalue weighted by atomic mass is 16.2. The topological polar surface area (TPSA) is 101 Å². The first-order valence-electron chi connectivity index (χ1n) is 9.06. The highest BCUT2D eigenvalue weighted by Crippen LogP contribution is 2.39. The molecule has 132 valence electrons. The van der Waals surface area contributed by atoms with E-state index in [2.05, 4.69) is 5.32 Å². The van der Waals surface area contributed by atoms with Crippen molar-refractivity contribution in [2.75, 3.05) is 32.7 Å². The van der Waals surface area contributed by atoms with Gasteiger partial charge in [-0.05, 0) is 37.6 Å². The molecule has 1 aliphatic heterocycles. The van der Waals surface area contributed by atoms with Crippen molar-refractivity contribution in [1.29, 1.82) is 0 Å². The molecule has 2 fully saturated rings. The van der Waals surface area contributed by atoms with Gasteiger partial charge in [-0.25, -0.2) is 0 Å². The molecule has 0 bridgehead atoms. The van der Waals surface area contributed by atoms with Crippen LogP contribution in [0.15, 0.2) is 0 Å². The quantitative estimate of drug-likeness (QED) is 0.666. The number of hydrogen-bond acceptors (Lipinski definition) is 4. The number of nitrogens with one attached hydrogen (secondary N) is 1. The Morgan fingerprint density at radius 1 is 1.13 bits per heavy atom. The van der Waals surface area contributed by atoms with Crippen molar-refractivity contribution in [3.63, 3.8) is 0 Å². The van der Waals surface area contributed by atoms with E-state index in [0.717, 1.165) is 32.2 Å². The van der Waals surface area contributed by atoms with Gasteiger partial charge in [-0.3, -0.25) is 9.59 Å². The lowest BCUT2D eigenvalue weighted by atomic mass is 9.71. The minimum Gasteiger partial charge on any atom is -0.355 e. The summed E-state index contributed by atoms with van der Waals surface area (Å²) >= 11 is 0. The monoisotopic (exact) mass is 324 g/mol. The Balaban J connectivity index is 1.89. The number of nitrogens with two attached hydrogens (primary N) is 2. The predicted octanol–water partition coefficient (Wildman–Crippen LogP) is 0.599. The van der Waals surface area contributed by atoms with Crippen molar-refractivity contribution in [2.45, 2.75) is 51.4 Å². The summed E-state index contributed by atoms with van der Waals surface area (Å²) in [7, 11) is 0. The Labute approximate surface area is 139 Å². The summed E-state index contributed by atoms with van der Waals surface area (Å²) in [4.78, 5) is 26.7. The fourth-order valence-corrected chi connectivity index (χ4v) is 3.94. The van der Waals surface area contributed by atoms with Crippen LogP contribution in [0.3, 0.4) is 0 Å². The second-order valence-electron chi connectivity index (χ2n) is 7.20. The van der Waals surface area contributed by atoms with Gasteiger partial charge in [0.25, 0.3) is 0 Å². The van der Waals surface area contributed by atoms with Gasteiger partial charge in [0.2, 0.25) is 11.8 Å². The molecular formula is C17H32N4O2. The number of carbonyl (C=O) groups excluding carboxylic acids is 2. The highest BCUT2D eigenvalue weighted by molar-refractivity contribution is 5.81. The van der Waals surface area contributed by atoms with Crippen LogP contribution in [0.4, 0.5) is 0 Å². The molecule has 2 rings (SSSR count). The van der Waals surface area contributed by atoms with E-state index in [1.165, 1.54) is 19.3 Å². The van der Waals surface area contributed by atoms with Crippen LogP contribution in [0.5, 0.6) is 0 Å². The van der Waals surface area contributed by atoms with Crippen molar-refractivity contribution in [3.05, 3.63) is 0 Å². The van der Waals surface area contributed by atoms with Crippen LogP contribution in [-0.4, -0.2) is 49.4 Å². The van der Waals surface area contributed by atoms with E-state index in [1.54, 1.807) is 0 Å². The molecule has 1 saturated carbocycles. The molecule has 6 nitrogen and oxygen atoms in total. The summed E-state index contributed by atoms with van der Waals surface area (Å²) < 4.78 is 0. The molecule has 23 heavy (non-hydrogen) atoms. The standard InChI is InChI=1S/C17H32N4O2/c18-8-9-20-16(23)14-5-4-10-21(12-14)15(22)11-17(13-19)6-2-1-3-7-17/h14H,1-13,18-19H2,(H,20,23). The molecule has 5 N–H and O–H groups in total. The van der Waals surface area contributed by atoms with Gasteiger partial charge >= 0.3 is 0 Å². The lowest BCUT2D eigenvalue weighted by molar-refractivity contribution is -0.138. The van der Waals surface area contributed by atoms with Crippen LogP contribution >= 0.6 is 0 Å². The third-order valence-electron chi connectivity index (χ3n) is 5.46. The molecule has 0 spiro atoms. The minimum absolute atomic E-state index is 0.00984. The van der Waals surface area contributed by atoms with Gasteiger partial charge in [0.15, 0.2) is 0 Å². The summed E-state index contributed by atoms with van der Waals surface area (Å²) in [5, 5.41) is 2.84. The van der Waals surface area contributed by atoms with E-state index in [1.807, 2.05) is 4.90 Å². The van der Waals surface area contributed by atoms with Crippen LogP contribution in [-0.2, 0) is 9.59 Å². The number of carbonyl (C=O) groups is 2. The van der Waals surface area contributed by atoms with Gasteiger partial charge < -0.3 is 21.7 Å². The molecule has 0 aromatic carbocycles. The van der Waals surface area contributed by atoms with Crippen molar-refractivity contribution in [3.8, 4) is 0 Å². The van der Waals surface area contributed by atoms with Crippen LogP contribution in [0.1, 0.15) is 51.4 Å².